The van der Waals surface area contributed by atoms with Crippen LogP contribution in [0.25, 0.3) is 0 Å². The van der Waals surface area contributed by atoms with E-state index in [0.29, 0.717) is 23.7 Å². The largest absolute Gasteiger partial charge is 0.465 e. The topological polar surface area (TPSA) is 84.7 Å². The summed E-state index contributed by atoms with van der Waals surface area (Å²) in [5.41, 5.74) is -1.01. The maximum absolute atomic E-state index is 12.8. The van der Waals surface area contributed by atoms with Gasteiger partial charge in [0.05, 0.1) is 5.69 Å². The summed E-state index contributed by atoms with van der Waals surface area (Å²) in [5.74, 6) is 0.275. The Morgan fingerprint density at radius 2 is 2.13 bits per heavy atom. The lowest BCUT2D eigenvalue weighted by molar-refractivity contribution is -0.145. The van der Waals surface area contributed by atoms with Crippen LogP contribution in [0.2, 0.25) is 0 Å². The van der Waals surface area contributed by atoms with Crippen LogP contribution < -0.4 is 15.0 Å². The standard InChI is InChI=1S/C16H17N3O4/c1-4-19-11-7-5-6-8-12(11)22-16(3,15(19)21)14(20)17-13-9-10(2)23-18-13/h5-9H,4H2,1-3H3,(H,17,18,20). The zero-order chi connectivity index (χ0) is 16.6. The van der Waals surface area contributed by atoms with E-state index in [1.54, 1.807) is 31.2 Å². The summed E-state index contributed by atoms with van der Waals surface area (Å²) in [4.78, 5) is 26.9. The Hall–Kier alpha value is -2.83. The lowest BCUT2D eigenvalue weighted by Crippen LogP contribution is -2.60. The van der Waals surface area contributed by atoms with Crippen molar-refractivity contribution in [1.29, 1.82) is 0 Å². The fourth-order valence-corrected chi connectivity index (χ4v) is 2.52. The minimum absolute atomic E-state index is 0.243. The molecule has 7 nitrogen and oxygen atoms in total. The highest BCUT2D eigenvalue weighted by atomic mass is 16.5. The maximum atomic E-state index is 12.8. The number of likely N-dealkylation sites (N-methyl/N-ethyl adjacent to an activating group) is 1. The first-order chi connectivity index (χ1) is 11.0. The van der Waals surface area contributed by atoms with Crippen LogP contribution in [0.5, 0.6) is 5.75 Å². The molecule has 0 bridgehead atoms. The molecular weight excluding hydrogens is 298 g/mol. The third-order valence-electron chi connectivity index (χ3n) is 3.74. The van der Waals surface area contributed by atoms with Gasteiger partial charge in [-0.25, -0.2) is 0 Å². The monoisotopic (exact) mass is 315 g/mol. The summed E-state index contributed by atoms with van der Waals surface area (Å²) >= 11 is 0. The Labute approximate surface area is 133 Å². The van der Waals surface area contributed by atoms with E-state index in [-0.39, 0.29) is 5.82 Å². The van der Waals surface area contributed by atoms with E-state index in [1.165, 1.54) is 11.8 Å². The van der Waals surface area contributed by atoms with Gasteiger partial charge in [0.1, 0.15) is 11.5 Å². The van der Waals surface area contributed by atoms with E-state index < -0.39 is 17.4 Å². The normalized spacial score (nSPS) is 20.0. The van der Waals surface area contributed by atoms with Gasteiger partial charge in [0.15, 0.2) is 5.82 Å². The second-order valence-corrected chi connectivity index (χ2v) is 5.43. The van der Waals surface area contributed by atoms with Crippen molar-refractivity contribution in [2.45, 2.75) is 26.4 Å². The average molecular weight is 315 g/mol. The molecule has 0 spiro atoms. The molecule has 2 amide bonds. The quantitative estimate of drug-likeness (QED) is 0.877. The Balaban J connectivity index is 1.94. The predicted molar refractivity (Wildman–Crippen MR) is 83.4 cm³/mol. The van der Waals surface area contributed by atoms with Gasteiger partial charge in [-0.2, -0.15) is 0 Å². The van der Waals surface area contributed by atoms with Crippen molar-refractivity contribution in [3.05, 3.63) is 36.1 Å². The van der Waals surface area contributed by atoms with E-state index in [0.717, 1.165) is 0 Å². The highest BCUT2D eigenvalue weighted by molar-refractivity contribution is 6.19. The molecule has 1 N–H and O–H groups in total. The summed E-state index contributed by atoms with van der Waals surface area (Å²) in [6.45, 7) is 5.45. The Bertz CT molecular complexity index is 770. The van der Waals surface area contributed by atoms with E-state index in [9.17, 15) is 9.59 Å². The SMILES string of the molecule is CCN1C(=O)C(C)(C(=O)Nc2cc(C)on2)Oc2ccccc21. The summed E-state index contributed by atoms with van der Waals surface area (Å²) in [6.07, 6.45) is 0. The van der Waals surface area contributed by atoms with Gasteiger partial charge in [-0.3, -0.25) is 9.59 Å². The van der Waals surface area contributed by atoms with E-state index in [4.69, 9.17) is 9.26 Å². The molecule has 7 heteroatoms. The van der Waals surface area contributed by atoms with Crippen LogP contribution in [0.4, 0.5) is 11.5 Å². The minimum Gasteiger partial charge on any atom is -0.465 e. The summed E-state index contributed by atoms with van der Waals surface area (Å²) in [7, 11) is 0. The summed E-state index contributed by atoms with van der Waals surface area (Å²) < 4.78 is 10.7. The number of benzene rings is 1. The Morgan fingerprint density at radius 1 is 1.39 bits per heavy atom. The van der Waals surface area contributed by atoms with E-state index in [1.807, 2.05) is 13.0 Å². The van der Waals surface area contributed by atoms with Gasteiger partial charge in [0, 0.05) is 12.6 Å². The third kappa shape index (κ3) is 2.44. The average Bonchev–Trinajstić information content (AvgIpc) is 2.93. The molecular formula is C16H17N3O4. The smallest absolute Gasteiger partial charge is 0.280 e. The van der Waals surface area contributed by atoms with Crippen molar-refractivity contribution in [2.75, 3.05) is 16.8 Å². The number of para-hydroxylation sites is 2. The van der Waals surface area contributed by atoms with Crippen molar-refractivity contribution in [3.8, 4) is 5.75 Å². The molecule has 3 rings (SSSR count). The molecule has 0 aliphatic carbocycles. The van der Waals surface area contributed by atoms with Crippen molar-refractivity contribution in [1.82, 2.24) is 5.16 Å². The minimum atomic E-state index is -1.67. The van der Waals surface area contributed by atoms with Gasteiger partial charge in [-0.1, -0.05) is 17.3 Å². The van der Waals surface area contributed by atoms with Crippen LogP contribution in [0.3, 0.4) is 0 Å². The third-order valence-corrected chi connectivity index (χ3v) is 3.74. The number of hydrogen-bond donors (Lipinski definition) is 1. The number of ether oxygens (including phenoxy) is 1. The lowest BCUT2D eigenvalue weighted by Gasteiger charge is -2.38. The first kappa shape index (κ1) is 15.1. The van der Waals surface area contributed by atoms with Crippen LogP contribution in [0, 0.1) is 6.92 Å². The van der Waals surface area contributed by atoms with Gasteiger partial charge < -0.3 is 19.5 Å². The first-order valence-electron chi connectivity index (χ1n) is 7.30. The summed E-state index contributed by atoms with van der Waals surface area (Å²) in [6, 6.07) is 8.70. The van der Waals surface area contributed by atoms with Crippen molar-refractivity contribution in [2.24, 2.45) is 0 Å². The Kier molecular flexibility index (Phi) is 3.55. The number of carbonyl (C=O) groups is 2. The fourth-order valence-electron chi connectivity index (χ4n) is 2.52. The highest BCUT2D eigenvalue weighted by Crippen LogP contribution is 2.37. The zero-order valence-corrected chi connectivity index (χ0v) is 13.1. The molecule has 1 aromatic carbocycles. The number of amides is 2. The summed E-state index contributed by atoms with van der Waals surface area (Å²) in [5, 5.41) is 6.27. The molecule has 1 aliphatic rings. The second-order valence-electron chi connectivity index (χ2n) is 5.43. The van der Waals surface area contributed by atoms with Crippen molar-refractivity contribution in [3.63, 3.8) is 0 Å². The maximum Gasteiger partial charge on any atom is 0.280 e. The van der Waals surface area contributed by atoms with Crippen LogP contribution in [0.1, 0.15) is 19.6 Å². The fraction of sp³-hybridized carbons (Fsp3) is 0.312. The van der Waals surface area contributed by atoms with Gasteiger partial charge in [0.2, 0.25) is 0 Å². The molecule has 120 valence electrons. The van der Waals surface area contributed by atoms with Gasteiger partial charge in [0.25, 0.3) is 17.4 Å². The molecule has 1 aliphatic heterocycles. The molecule has 0 saturated heterocycles. The number of nitrogens with zero attached hydrogens (tertiary/aromatic N) is 2. The van der Waals surface area contributed by atoms with Crippen molar-refractivity contribution < 1.29 is 18.8 Å². The zero-order valence-electron chi connectivity index (χ0n) is 13.1. The number of aromatic nitrogens is 1. The number of carbonyl (C=O) groups excluding carboxylic acids is 2. The number of fused-ring (bicyclic) bond motifs is 1. The molecule has 2 heterocycles. The van der Waals surface area contributed by atoms with E-state index >= 15 is 0 Å². The van der Waals surface area contributed by atoms with Crippen molar-refractivity contribution >= 4 is 23.3 Å². The van der Waals surface area contributed by atoms with Gasteiger partial charge >= 0.3 is 0 Å². The number of hydrogen-bond acceptors (Lipinski definition) is 5. The lowest BCUT2D eigenvalue weighted by atomic mass is 10.00. The number of rotatable bonds is 3. The number of anilines is 2. The van der Waals surface area contributed by atoms with E-state index in [2.05, 4.69) is 10.5 Å². The van der Waals surface area contributed by atoms with Crippen LogP contribution in [-0.4, -0.2) is 29.1 Å². The Morgan fingerprint density at radius 3 is 2.78 bits per heavy atom. The second kappa shape index (κ2) is 5.42. The predicted octanol–water partition coefficient (Wildman–Crippen LogP) is 2.13. The number of aryl methyl sites for hydroxylation is 1. The molecule has 23 heavy (non-hydrogen) atoms. The van der Waals surface area contributed by atoms with Gasteiger partial charge in [-0.15, -0.1) is 0 Å². The molecule has 1 unspecified atom stereocenters. The van der Waals surface area contributed by atoms with Crippen LogP contribution in [0.15, 0.2) is 34.9 Å². The molecule has 0 fully saturated rings. The molecule has 0 radical (unpaired) electrons. The highest BCUT2D eigenvalue weighted by Gasteiger charge is 2.50. The molecule has 1 atom stereocenters. The van der Waals surface area contributed by atoms with Gasteiger partial charge in [-0.05, 0) is 32.9 Å². The number of nitrogens with one attached hydrogen (secondary N) is 1. The van der Waals surface area contributed by atoms with Crippen LogP contribution >= 0.6 is 0 Å². The molecule has 1 aromatic heterocycles. The molecule has 0 saturated carbocycles. The first-order valence-corrected chi connectivity index (χ1v) is 7.30. The van der Waals surface area contributed by atoms with Crippen LogP contribution in [-0.2, 0) is 9.59 Å². The molecule has 2 aromatic rings.